The third-order valence-electron chi connectivity index (χ3n) is 5.99. The number of unbranched alkanes of at least 4 members (excludes halogenated alkanes) is 2. The first-order valence-corrected chi connectivity index (χ1v) is 13.3. The van der Waals surface area contributed by atoms with Crippen molar-refractivity contribution >= 4 is 49.5 Å². The summed E-state index contributed by atoms with van der Waals surface area (Å²) < 4.78 is 28.0. The average molecular weight is 542 g/mol. The predicted molar refractivity (Wildman–Crippen MR) is 132 cm³/mol. The largest absolute Gasteiger partial charge is 0.508 e. The van der Waals surface area contributed by atoms with Crippen molar-refractivity contribution in [3.8, 4) is 5.75 Å². The van der Waals surface area contributed by atoms with Crippen LogP contribution in [-0.4, -0.2) is 25.8 Å². The molecule has 3 N–H and O–H groups in total. The molecule has 0 saturated heterocycles. The van der Waals surface area contributed by atoms with Crippen LogP contribution in [0.3, 0.4) is 0 Å². The molecule has 0 amide bonds. The standard InChI is InChI=1S/C23H31IN2O3S/c1-3-5-13-23(14-6-4-2)15-26(17-7-9-18(27)10-8-17)22-20(30(28,29)16-23)12-11-19(25)21(22)24/h7-12,27H,3-6,13-16,25H2,1-2H3. The molecule has 3 rings (SSSR count). The summed E-state index contributed by atoms with van der Waals surface area (Å²) in [5.41, 5.74) is 7.98. The Kier molecular flexibility index (Phi) is 7.22. The first kappa shape index (κ1) is 23.2. The number of halogens is 1. The van der Waals surface area contributed by atoms with Gasteiger partial charge in [0.1, 0.15) is 5.75 Å². The van der Waals surface area contributed by atoms with Crippen LogP contribution in [0.5, 0.6) is 5.75 Å². The quantitative estimate of drug-likeness (QED) is 0.338. The van der Waals surface area contributed by atoms with Crippen molar-refractivity contribution in [1.82, 2.24) is 0 Å². The molecular formula is C23H31IN2O3S. The van der Waals surface area contributed by atoms with Crippen LogP contribution in [0.4, 0.5) is 17.1 Å². The lowest BCUT2D eigenvalue weighted by Gasteiger charge is -2.37. The number of hydrogen-bond donors (Lipinski definition) is 2. The van der Waals surface area contributed by atoms with E-state index < -0.39 is 9.84 Å². The van der Waals surface area contributed by atoms with Gasteiger partial charge in [0, 0.05) is 23.3 Å². The number of benzene rings is 2. The number of anilines is 3. The smallest absolute Gasteiger partial charge is 0.181 e. The van der Waals surface area contributed by atoms with Gasteiger partial charge >= 0.3 is 0 Å². The van der Waals surface area contributed by atoms with E-state index in [0.717, 1.165) is 47.8 Å². The summed E-state index contributed by atoms with van der Waals surface area (Å²) in [4.78, 5) is 2.46. The van der Waals surface area contributed by atoms with Gasteiger partial charge in [-0.15, -0.1) is 0 Å². The maximum Gasteiger partial charge on any atom is 0.181 e. The topological polar surface area (TPSA) is 83.6 Å². The summed E-state index contributed by atoms with van der Waals surface area (Å²) in [5, 5.41) is 9.79. The second-order valence-corrected chi connectivity index (χ2v) is 11.4. The van der Waals surface area contributed by atoms with Crippen LogP contribution in [0.1, 0.15) is 52.4 Å². The maximum atomic E-state index is 13.6. The Morgan fingerprint density at radius 3 is 2.23 bits per heavy atom. The molecule has 2 aromatic rings. The average Bonchev–Trinajstić information content (AvgIpc) is 2.81. The summed E-state index contributed by atoms with van der Waals surface area (Å²) in [6, 6.07) is 10.3. The molecule has 1 aliphatic heterocycles. The molecule has 1 heterocycles. The number of nitrogens with zero attached hydrogens (tertiary/aromatic N) is 1. The summed E-state index contributed by atoms with van der Waals surface area (Å²) in [5.74, 6) is 0.341. The monoisotopic (exact) mass is 542 g/mol. The van der Waals surface area contributed by atoms with Crippen LogP contribution < -0.4 is 10.6 Å². The van der Waals surface area contributed by atoms with Crippen molar-refractivity contribution in [3.63, 3.8) is 0 Å². The number of fused-ring (bicyclic) bond motifs is 1. The van der Waals surface area contributed by atoms with E-state index in [-0.39, 0.29) is 16.9 Å². The van der Waals surface area contributed by atoms with Crippen LogP contribution in [0.15, 0.2) is 41.3 Å². The number of nitrogen functional groups attached to an aromatic ring is 1. The van der Waals surface area contributed by atoms with Crippen molar-refractivity contribution in [2.45, 2.75) is 57.3 Å². The summed E-state index contributed by atoms with van der Waals surface area (Å²) >= 11 is 2.16. The number of hydrogen-bond acceptors (Lipinski definition) is 5. The molecular weight excluding hydrogens is 511 g/mol. The molecule has 0 fully saturated rings. The number of phenolic OH excluding ortho intramolecular Hbond substituents is 1. The molecule has 0 aromatic heterocycles. The van der Waals surface area contributed by atoms with E-state index in [9.17, 15) is 13.5 Å². The van der Waals surface area contributed by atoms with Gasteiger partial charge in [-0.1, -0.05) is 39.5 Å². The summed E-state index contributed by atoms with van der Waals surface area (Å²) in [7, 11) is -3.49. The molecule has 0 aliphatic carbocycles. The highest BCUT2D eigenvalue weighted by Gasteiger charge is 2.42. The number of sulfone groups is 1. The van der Waals surface area contributed by atoms with E-state index >= 15 is 0 Å². The fourth-order valence-electron chi connectivity index (χ4n) is 4.39. The third-order valence-corrected chi connectivity index (χ3v) is 9.11. The Labute approximate surface area is 193 Å². The van der Waals surface area contributed by atoms with Crippen LogP contribution in [0.25, 0.3) is 0 Å². The van der Waals surface area contributed by atoms with Gasteiger partial charge in [-0.3, -0.25) is 0 Å². The molecule has 30 heavy (non-hydrogen) atoms. The van der Waals surface area contributed by atoms with E-state index in [2.05, 4.69) is 41.3 Å². The van der Waals surface area contributed by atoms with E-state index in [0.29, 0.717) is 22.8 Å². The Morgan fingerprint density at radius 2 is 1.67 bits per heavy atom. The molecule has 2 aromatic carbocycles. The van der Waals surface area contributed by atoms with Gasteiger partial charge in [-0.05, 0) is 71.8 Å². The second-order valence-electron chi connectivity index (χ2n) is 8.38. The molecule has 164 valence electrons. The van der Waals surface area contributed by atoms with E-state index in [1.54, 1.807) is 24.3 Å². The first-order chi connectivity index (χ1) is 14.2. The molecule has 0 saturated carbocycles. The zero-order valence-electron chi connectivity index (χ0n) is 17.7. The molecule has 7 heteroatoms. The van der Waals surface area contributed by atoms with Crippen molar-refractivity contribution < 1.29 is 13.5 Å². The van der Waals surface area contributed by atoms with E-state index in [1.807, 2.05) is 12.1 Å². The van der Waals surface area contributed by atoms with Crippen molar-refractivity contribution in [1.29, 1.82) is 0 Å². The van der Waals surface area contributed by atoms with Gasteiger partial charge in [0.15, 0.2) is 9.84 Å². The number of rotatable bonds is 7. The summed E-state index contributed by atoms with van der Waals surface area (Å²) in [6.07, 6.45) is 5.81. The zero-order chi connectivity index (χ0) is 21.9. The normalized spacial score (nSPS) is 17.4. The molecule has 0 unspecified atom stereocenters. The molecule has 0 radical (unpaired) electrons. The predicted octanol–water partition coefficient (Wildman–Crippen LogP) is 5.87. The van der Waals surface area contributed by atoms with Gasteiger partial charge in [-0.2, -0.15) is 0 Å². The van der Waals surface area contributed by atoms with Crippen LogP contribution in [-0.2, 0) is 9.84 Å². The van der Waals surface area contributed by atoms with Gasteiger partial charge in [-0.25, -0.2) is 8.42 Å². The van der Waals surface area contributed by atoms with Crippen molar-refractivity contribution in [2.24, 2.45) is 5.41 Å². The van der Waals surface area contributed by atoms with Crippen LogP contribution in [0, 0.1) is 8.99 Å². The third kappa shape index (κ3) is 4.72. The number of phenols is 1. The highest BCUT2D eigenvalue weighted by molar-refractivity contribution is 14.1. The van der Waals surface area contributed by atoms with E-state index in [4.69, 9.17) is 5.73 Å². The fraction of sp³-hybridized carbons (Fsp3) is 0.478. The Morgan fingerprint density at radius 1 is 1.07 bits per heavy atom. The summed E-state index contributed by atoms with van der Waals surface area (Å²) in [6.45, 7) is 4.91. The second kappa shape index (κ2) is 9.34. The minimum Gasteiger partial charge on any atom is -0.508 e. The maximum absolute atomic E-state index is 13.6. The highest BCUT2D eigenvalue weighted by Crippen LogP contribution is 2.47. The fourth-order valence-corrected chi connectivity index (χ4v) is 7.46. The minimum atomic E-state index is -3.49. The Bertz CT molecular complexity index is 982. The first-order valence-electron chi connectivity index (χ1n) is 10.6. The number of aromatic hydroxyl groups is 1. The zero-order valence-corrected chi connectivity index (χ0v) is 20.7. The van der Waals surface area contributed by atoms with Crippen LogP contribution >= 0.6 is 22.6 Å². The van der Waals surface area contributed by atoms with E-state index in [1.165, 1.54) is 0 Å². The van der Waals surface area contributed by atoms with Crippen LogP contribution in [0.2, 0.25) is 0 Å². The molecule has 0 bridgehead atoms. The highest BCUT2D eigenvalue weighted by atomic mass is 127. The lowest BCUT2D eigenvalue weighted by molar-refractivity contribution is 0.270. The number of nitrogens with two attached hydrogens (primary N) is 1. The Hall–Kier alpha value is -1.48. The minimum absolute atomic E-state index is 0.154. The molecule has 1 aliphatic rings. The molecule has 0 atom stereocenters. The van der Waals surface area contributed by atoms with Gasteiger partial charge in [0.25, 0.3) is 0 Å². The lowest BCUT2D eigenvalue weighted by atomic mass is 9.79. The van der Waals surface area contributed by atoms with Gasteiger partial charge in [0.05, 0.1) is 19.9 Å². The van der Waals surface area contributed by atoms with Gasteiger partial charge < -0.3 is 15.7 Å². The van der Waals surface area contributed by atoms with Crippen molar-refractivity contribution in [2.75, 3.05) is 22.9 Å². The van der Waals surface area contributed by atoms with Gasteiger partial charge in [0.2, 0.25) is 0 Å². The molecule has 0 spiro atoms. The lowest BCUT2D eigenvalue weighted by Crippen LogP contribution is -2.38. The molecule has 5 nitrogen and oxygen atoms in total. The Balaban J connectivity index is 2.25. The van der Waals surface area contributed by atoms with Crippen molar-refractivity contribution in [3.05, 3.63) is 40.0 Å². The SMILES string of the molecule is CCCCC1(CCCC)CN(c2ccc(O)cc2)c2c(ccc(N)c2I)S(=O)(=O)C1.